The Labute approximate surface area is 92.4 Å². The van der Waals surface area contributed by atoms with E-state index in [1.165, 1.54) is 0 Å². The van der Waals surface area contributed by atoms with Crippen molar-refractivity contribution in [2.45, 2.75) is 37.8 Å². The zero-order valence-electron chi connectivity index (χ0n) is 8.73. The molecule has 2 rings (SSSR count). The van der Waals surface area contributed by atoms with Crippen LogP contribution in [0.4, 0.5) is 0 Å². The van der Waals surface area contributed by atoms with Crippen molar-refractivity contribution in [2.75, 3.05) is 0 Å². The normalized spacial score (nSPS) is 26.0. The van der Waals surface area contributed by atoms with Crippen LogP contribution in [0.25, 0.3) is 0 Å². The van der Waals surface area contributed by atoms with Crippen molar-refractivity contribution in [1.82, 2.24) is 10.6 Å². The van der Waals surface area contributed by atoms with Gasteiger partial charge in [0.05, 0.1) is 0 Å². The van der Waals surface area contributed by atoms with Gasteiger partial charge in [-0.1, -0.05) is 0 Å². The molecule has 0 aromatic heterocycles. The molecule has 2 unspecified atom stereocenters. The second-order valence-corrected chi connectivity index (χ2v) is 4.32. The molecule has 1 aliphatic carbocycles. The van der Waals surface area contributed by atoms with Crippen molar-refractivity contribution in [3.63, 3.8) is 0 Å². The van der Waals surface area contributed by atoms with Crippen LogP contribution in [0.15, 0.2) is 0 Å². The Morgan fingerprint density at radius 3 is 2.50 bits per heavy atom. The summed E-state index contributed by atoms with van der Waals surface area (Å²) in [4.78, 5) is 33.5. The molecule has 2 atom stereocenters. The van der Waals surface area contributed by atoms with Gasteiger partial charge in [0.1, 0.15) is 12.1 Å². The summed E-state index contributed by atoms with van der Waals surface area (Å²) in [6.45, 7) is 0. The van der Waals surface area contributed by atoms with E-state index in [9.17, 15) is 14.4 Å². The van der Waals surface area contributed by atoms with E-state index in [0.29, 0.717) is 12.8 Å². The van der Waals surface area contributed by atoms with Crippen molar-refractivity contribution < 1.29 is 19.5 Å². The van der Waals surface area contributed by atoms with Crippen LogP contribution in [0.2, 0.25) is 0 Å². The summed E-state index contributed by atoms with van der Waals surface area (Å²) in [7, 11) is 0. The fraction of sp³-hybridized carbons (Fsp3) is 0.700. The molecule has 6 nitrogen and oxygen atoms in total. The maximum absolute atomic E-state index is 11.6. The molecule has 88 valence electrons. The molecule has 1 saturated heterocycles. The number of aliphatic carboxylic acids is 1. The number of amides is 2. The fourth-order valence-electron chi connectivity index (χ4n) is 1.88. The average Bonchev–Trinajstić information content (AvgIpc) is 2.96. The van der Waals surface area contributed by atoms with Crippen molar-refractivity contribution in [3.05, 3.63) is 0 Å². The molecular formula is C10H14N2O4. The quantitative estimate of drug-likeness (QED) is 0.587. The molecule has 2 aliphatic rings. The molecule has 3 N–H and O–H groups in total. The molecule has 0 aromatic carbocycles. The first-order valence-electron chi connectivity index (χ1n) is 5.40. The number of carbonyl (C=O) groups excluding carboxylic acids is 2. The highest BCUT2D eigenvalue weighted by Gasteiger charge is 2.39. The monoisotopic (exact) mass is 226 g/mol. The van der Waals surface area contributed by atoms with Gasteiger partial charge in [0, 0.05) is 6.42 Å². The molecule has 1 heterocycles. The average molecular weight is 226 g/mol. The fourth-order valence-corrected chi connectivity index (χ4v) is 1.88. The van der Waals surface area contributed by atoms with Crippen LogP contribution in [0, 0.1) is 5.92 Å². The Kier molecular flexibility index (Phi) is 2.80. The van der Waals surface area contributed by atoms with Crippen LogP contribution in [0.1, 0.15) is 25.7 Å². The summed E-state index contributed by atoms with van der Waals surface area (Å²) < 4.78 is 0. The first-order chi connectivity index (χ1) is 7.58. The maximum Gasteiger partial charge on any atom is 0.326 e. The molecule has 0 radical (unpaired) electrons. The highest BCUT2D eigenvalue weighted by Crippen LogP contribution is 2.32. The van der Waals surface area contributed by atoms with Crippen LogP contribution in [-0.2, 0) is 14.4 Å². The SMILES string of the molecule is O=C1CCC(C(=O)NC(C(=O)O)C2CC2)N1. The predicted molar refractivity (Wildman–Crippen MR) is 53.5 cm³/mol. The summed E-state index contributed by atoms with van der Waals surface area (Å²) >= 11 is 0. The lowest BCUT2D eigenvalue weighted by molar-refractivity contribution is -0.142. The smallest absolute Gasteiger partial charge is 0.326 e. The van der Waals surface area contributed by atoms with Crippen LogP contribution >= 0.6 is 0 Å². The molecule has 6 heteroatoms. The molecular weight excluding hydrogens is 212 g/mol. The Bertz CT molecular complexity index is 338. The standard InChI is InChI=1S/C10H14N2O4/c13-7-4-3-6(11-7)9(14)12-8(10(15)16)5-1-2-5/h5-6,8H,1-4H2,(H,11,13)(H,12,14)(H,15,16). The summed E-state index contributed by atoms with van der Waals surface area (Å²) in [5, 5.41) is 13.9. The molecule has 2 fully saturated rings. The van der Waals surface area contributed by atoms with Gasteiger partial charge in [0.15, 0.2) is 0 Å². The maximum atomic E-state index is 11.6. The first kappa shape index (κ1) is 10.9. The Morgan fingerprint density at radius 2 is 2.06 bits per heavy atom. The van der Waals surface area contributed by atoms with E-state index >= 15 is 0 Å². The lowest BCUT2D eigenvalue weighted by Crippen LogP contribution is -2.49. The minimum atomic E-state index is -1.000. The van der Waals surface area contributed by atoms with E-state index in [-0.39, 0.29) is 17.7 Å². The Morgan fingerprint density at radius 1 is 1.38 bits per heavy atom. The topological polar surface area (TPSA) is 95.5 Å². The van der Waals surface area contributed by atoms with Crippen LogP contribution in [0.5, 0.6) is 0 Å². The van der Waals surface area contributed by atoms with Gasteiger partial charge < -0.3 is 15.7 Å². The second-order valence-electron chi connectivity index (χ2n) is 4.32. The van der Waals surface area contributed by atoms with E-state index in [4.69, 9.17) is 5.11 Å². The number of nitrogens with one attached hydrogen (secondary N) is 2. The van der Waals surface area contributed by atoms with Crippen molar-refractivity contribution in [3.8, 4) is 0 Å². The van der Waals surface area contributed by atoms with Crippen molar-refractivity contribution >= 4 is 17.8 Å². The van der Waals surface area contributed by atoms with E-state index in [2.05, 4.69) is 10.6 Å². The first-order valence-corrected chi connectivity index (χ1v) is 5.40. The predicted octanol–water partition coefficient (Wildman–Crippen LogP) is -0.756. The third-order valence-electron chi connectivity index (χ3n) is 2.97. The zero-order chi connectivity index (χ0) is 11.7. The number of hydrogen-bond acceptors (Lipinski definition) is 3. The molecule has 2 amide bonds. The summed E-state index contributed by atoms with van der Waals surface area (Å²) in [5.41, 5.74) is 0. The Balaban J connectivity index is 1.90. The minimum Gasteiger partial charge on any atom is -0.480 e. The van der Waals surface area contributed by atoms with Gasteiger partial charge in [-0.3, -0.25) is 9.59 Å². The Hall–Kier alpha value is -1.59. The second kappa shape index (κ2) is 4.11. The highest BCUT2D eigenvalue weighted by atomic mass is 16.4. The zero-order valence-corrected chi connectivity index (χ0v) is 8.73. The van der Waals surface area contributed by atoms with Crippen LogP contribution < -0.4 is 10.6 Å². The van der Waals surface area contributed by atoms with Crippen LogP contribution in [-0.4, -0.2) is 35.0 Å². The minimum absolute atomic E-state index is 0.0542. The number of hydrogen-bond donors (Lipinski definition) is 3. The lowest BCUT2D eigenvalue weighted by atomic mass is 10.1. The molecule has 16 heavy (non-hydrogen) atoms. The van der Waals surface area contributed by atoms with Gasteiger partial charge >= 0.3 is 5.97 Å². The van der Waals surface area contributed by atoms with Gasteiger partial charge in [-0.05, 0) is 25.2 Å². The molecule has 0 aromatic rings. The van der Waals surface area contributed by atoms with Gasteiger partial charge in [0.2, 0.25) is 11.8 Å². The summed E-state index contributed by atoms with van der Waals surface area (Å²) in [5.74, 6) is -1.48. The van der Waals surface area contributed by atoms with Crippen molar-refractivity contribution in [2.24, 2.45) is 5.92 Å². The lowest BCUT2D eigenvalue weighted by Gasteiger charge is -2.16. The van der Waals surface area contributed by atoms with Gasteiger partial charge in [-0.15, -0.1) is 0 Å². The third kappa shape index (κ3) is 2.32. The molecule has 1 saturated carbocycles. The summed E-state index contributed by atoms with van der Waals surface area (Å²) in [6.07, 6.45) is 2.46. The van der Waals surface area contributed by atoms with Crippen LogP contribution in [0.3, 0.4) is 0 Å². The summed E-state index contributed by atoms with van der Waals surface area (Å²) in [6, 6.07) is -1.36. The van der Waals surface area contributed by atoms with Gasteiger partial charge in [-0.25, -0.2) is 4.79 Å². The largest absolute Gasteiger partial charge is 0.480 e. The van der Waals surface area contributed by atoms with Gasteiger partial charge in [0.25, 0.3) is 0 Å². The molecule has 1 aliphatic heterocycles. The number of rotatable bonds is 4. The molecule has 0 bridgehead atoms. The number of carboxylic acids is 1. The van der Waals surface area contributed by atoms with E-state index in [0.717, 1.165) is 12.8 Å². The van der Waals surface area contributed by atoms with E-state index in [1.54, 1.807) is 0 Å². The highest BCUT2D eigenvalue weighted by molar-refractivity contribution is 5.92. The van der Waals surface area contributed by atoms with E-state index < -0.39 is 18.1 Å². The number of carboxylic acid groups (broad SMARTS) is 1. The third-order valence-corrected chi connectivity index (χ3v) is 2.97. The van der Waals surface area contributed by atoms with Gasteiger partial charge in [-0.2, -0.15) is 0 Å². The van der Waals surface area contributed by atoms with Crippen molar-refractivity contribution in [1.29, 1.82) is 0 Å². The van der Waals surface area contributed by atoms with E-state index in [1.807, 2.05) is 0 Å². The molecule has 0 spiro atoms. The number of carbonyl (C=O) groups is 3.